The Morgan fingerprint density at radius 3 is 2.59 bits per heavy atom. The molecule has 17 heavy (non-hydrogen) atoms. The number of carbonyl (C=O) groups excluding carboxylic acids is 1. The Balaban J connectivity index is 1.47. The number of rotatable bonds is 2. The molecule has 4 aliphatic rings. The lowest BCUT2D eigenvalue weighted by Crippen LogP contribution is -2.59. The molecule has 0 saturated carbocycles. The summed E-state index contributed by atoms with van der Waals surface area (Å²) in [5.41, 5.74) is 0. The van der Waals surface area contributed by atoms with Gasteiger partial charge in [0.25, 0.3) is 0 Å². The van der Waals surface area contributed by atoms with Crippen molar-refractivity contribution in [2.45, 2.75) is 31.3 Å². The summed E-state index contributed by atoms with van der Waals surface area (Å²) in [5.74, 6) is 0.686. The number of piperidine rings is 3. The van der Waals surface area contributed by atoms with Crippen LogP contribution in [0.5, 0.6) is 0 Å². The third kappa shape index (κ3) is 2.55. The summed E-state index contributed by atoms with van der Waals surface area (Å²) < 4.78 is 5.25. The van der Waals surface area contributed by atoms with Gasteiger partial charge >= 0.3 is 6.03 Å². The van der Waals surface area contributed by atoms with Crippen molar-refractivity contribution in [3.8, 4) is 0 Å². The lowest BCUT2D eigenvalue weighted by molar-refractivity contribution is 0.0763. The second-order valence-electron chi connectivity index (χ2n) is 5.42. The fourth-order valence-corrected chi connectivity index (χ4v) is 3.17. The van der Waals surface area contributed by atoms with Crippen molar-refractivity contribution in [2.75, 3.05) is 32.8 Å². The summed E-state index contributed by atoms with van der Waals surface area (Å²) in [4.78, 5) is 14.3. The highest BCUT2D eigenvalue weighted by atomic mass is 16.5. The molecule has 4 heterocycles. The molecule has 5 nitrogen and oxygen atoms in total. The molecule has 2 atom stereocenters. The summed E-state index contributed by atoms with van der Waals surface area (Å²) in [6.07, 6.45) is 3.41. The first-order chi connectivity index (χ1) is 8.31. The number of hydrogen-bond donors (Lipinski definition) is 2. The van der Waals surface area contributed by atoms with Crippen LogP contribution in [-0.4, -0.2) is 55.9 Å². The molecule has 0 aliphatic carbocycles. The quantitative estimate of drug-likeness (QED) is 0.722. The maximum atomic E-state index is 11.8. The van der Waals surface area contributed by atoms with Crippen LogP contribution >= 0.6 is 0 Å². The van der Waals surface area contributed by atoms with E-state index < -0.39 is 0 Å². The van der Waals surface area contributed by atoms with E-state index in [1.165, 1.54) is 25.9 Å². The third-order valence-corrected chi connectivity index (χ3v) is 4.24. The molecule has 2 bridgehead atoms. The standard InChI is InChI=1S/C12H21N3O2/c16-12(13-10-3-6-17-8-10)14-11-7-15-4-1-9(11)2-5-15/h9-11H,1-8H2,(H2,13,14,16). The van der Waals surface area contributed by atoms with Gasteiger partial charge in [-0.3, -0.25) is 0 Å². The van der Waals surface area contributed by atoms with E-state index in [0.717, 1.165) is 19.6 Å². The maximum absolute atomic E-state index is 11.8. The number of nitrogens with one attached hydrogen (secondary N) is 2. The summed E-state index contributed by atoms with van der Waals surface area (Å²) in [5, 5.41) is 6.12. The van der Waals surface area contributed by atoms with Crippen LogP contribution in [0.2, 0.25) is 0 Å². The summed E-state index contributed by atoms with van der Waals surface area (Å²) in [7, 11) is 0. The topological polar surface area (TPSA) is 53.6 Å². The minimum absolute atomic E-state index is 0.0146. The summed E-state index contributed by atoms with van der Waals surface area (Å²) in [6.45, 7) is 4.87. The lowest BCUT2D eigenvalue weighted by Gasteiger charge is -2.44. The molecule has 0 aromatic heterocycles. The third-order valence-electron chi connectivity index (χ3n) is 4.24. The van der Waals surface area contributed by atoms with E-state index in [-0.39, 0.29) is 12.1 Å². The molecular weight excluding hydrogens is 218 g/mol. The molecule has 0 aromatic rings. The highest BCUT2D eigenvalue weighted by Gasteiger charge is 2.35. The van der Waals surface area contributed by atoms with Crippen LogP contribution in [-0.2, 0) is 4.74 Å². The average Bonchev–Trinajstić information content (AvgIpc) is 2.83. The molecule has 2 N–H and O–H groups in total. The second-order valence-corrected chi connectivity index (χ2v) is 5.42. The number of hydrogen-bond acceptors (Lipinski definition) is 3. The highest BCUT2D eigenvalue weighted by Crippen LogP contribution is 2.27. The Labute approximate surface area is 102 Å². The van der Waals surface area contributed by atoms with Crippen LogP contribution in [0, 0.1) is 5.92 Å². The van der Waals surface area contributed by atoms with E-state index >= 15 is 0 Å². The number of amides is 2. The van der Waals surface area contributed by atoms with Crippen LogP contribution in [0.1, 0.15) is 19.3 Å². The van der Waals surface area contributed by atoms with E-state index in [2.05, 4.69) is 15.5 Å². The Hall–Kier alpha value is -0.810. The minimum Gasteiger partial charge on any atom is -0.379 e. The van der Waals surface area contributed by atoms with Gasteiger partial charge in [-0.1, -0.05) is 0 Å². The second kappa shape index (κ2) is 4.82. The van der Waals surface area contributed by atoms with Crippen LogP contribution < -0.4 is 10.6 Å². The smallest absolute Gasteiger partial charge is 0.315 e. The largest absolute Gasteiger partial charge is 0.379 e. The molecule has 4 aliphatic heterocycles. The van der Waals surface area contributed by atoms with Crippen molar-refractivity contribution in [1.29, 1.82) is 0 Å². The molecule has 4 fully saturated rings. The Morgan fingerprint density at radius 2 is 2.00 bits per heavy atom. The first-order valence-electron chi connectivity index (χ1n) is 6.68. The maximum Gasteiger partial charge on any atom is 0.315 e. The first kappa shape index (κ1) is 11.3. The zero-order chi connectivity index (χ0) is 11.7. The van der Waals surface area contributed by atoms with E-state index in [9.17, 15) is 4.79 Å². The van der Waals surface area contributed by atoms with Gasteiger partial charge in [-0.25, -0.2) is 4.79 Å². The van der Waals surface area contributed by atoms with Crippen LogP contribution in [0.15, 0.2) is 0 Å². The molecule has 96 valence electrons. The number of ether oxygens (including phenoxy) is 1. The predicted molar refractivity (Wildman–Crippen MR) is 63.8 cm³/mol. The van der Waals surface area contributed by atoms with Gasteiger partial charge in [-0.2, -0.15) is 0 Å². The molecular formula is C12H21N3O2. The molecule has 2 unspecified atom stereocenters. The SMILES string of the molecule is O=C(NC1CCOC1)NC1CN2CCC1CC2. The zero-order valence-electron chi connectivity index (χ0n) is 10.2. The van der Waals surface area contributed by atoms with Gasteiger partial charge in [0.1, 0.15) is 0 Å². The van der Waals surface area contributed by atoms with Crippen LogP contribution in [0.3, 0.4) is 0 Å². The van der Waals surface area contributed by atoms with Crippen molar-refractivity contribution in [3.05, 3.63) is 0 Å². The molecule has 0 aromatic carbocycles. The average molecular weight is 239 g/mol. The normalized spacial score (nSPS) is 40.2. The highest BCUT2D eigenvalue weighted by molar-refractivity contribution is 5.74. The van der Waals surface area contributed by atoms with Gasteiger partial charge in [-0.15, -0.1) is 0 Å². The molecule has 0 spiro atoms. The van der Waals surface area contributed by atoms with Crippen molar-refractivity contribution in [1.82, 2.24) is 15.5 Å². The number of fused-ring (bicyclic) bond motifs is 3. The van der Waals surface area contributed by atoms with Crippen molar-refractivity contribution in [2.24, 2.45) is 5.92 Å². The van der Waals surface area contributed by atoms with Crippen molar-refractivity contribution in [3.63, 3.8) is 0 Å². The molecule has 4 saturated heterocycles. The van der Waals surface area contributed by atoms with E-state index in [0.29, 0.717) is 18.6 Å². The van der Waals surface area contributed by atoms with Crippen molar-refractivity contribution < 1.29 is 9.53 Å². The molecule has 4 rings (SSSR count). The van der Waals surface area contributed by atoms with E-state index in [1.54, 1.807) is 0 Å². The van der Waals surface area contributed by atoms with Crippen LogP contribution in [0.25, 0.3) is 0 Å². The monoisotopic (exact) mass is 239 g/mol. The van der Waals surface area contributed by atoms with E-state index in [1.807, 2.05) is 0 Å². The molecule has 2 amide bonds. The van der Waals surface area contributed by atoms with Gasteiger partial charge in [0.2, 0.25) is 0 Å². The number of carbonyl (C=O) groups is 1. The fourth-order valence-electron chi connectivity index (χ4n) is 3.17. The van der Waals surface area contributed by atoms with Gasteiger partial charge < -0.3 is 20.3 Å². The Kier molecular flexibility index (Phi) is 3.20. The molecule has 5 heteroatoms. The Bertz CT molecular complexity index is 283. The van der Waals surface area contributed by atoms with Gasteiger partial charge in [0.05, 0.1) is 12.6 Å². The first-order valence-corrected chi connectivity index (χ1v) is 6.68. The van der Waals surface area contributed by atoms with Crippen LogP contribution in [0.4, 0.5) is 4.79 Å². The van der Waals surface area contributed by atoms with E-state index in [4.69, 9.17) is 4.74 Å². The lowest BCUT2D eigenvalue weighted by atomic mass is 9.84. The van der Waals surface area contributed by atoms with Gasteiger partial charge in [-0.05, 0) is 38.3 Å². The van der Waals surface area contributed by atoms with Gasteiger partial charge in [0.15, 0.2) is 0 Å². The number of nitrogens with zero attached hydrogens (tertiary/aromatic N) is 1. The minimum atomic E-state index is -0.0146. The summed E-state index contributed by atoms with van der Waals surface area (Å²) in [6, 6.07) is 0.537. The summed E-state index contributed by atoms with van der Waals surface area (Å²) >= 11 is 0. The zero-order valence-corrected chi connectivity index (χ0v) is 10.2. The predicted octanol–water partition coefficient (Wildman–Crippen LogP) is 0.169. The van der Waals surface area contributed by atoms with Gasteiger partial charge in [0, 0.05) is 19.2 Å². The Morgan fingerprint density at radius 1 is 1.18 bits per heavy atom. The molecule has 0 radical (unpaired) electrons. The van der Waals surface area contributed by atoms with Crippen molar-refractivity contribution >= 4 is 6.03 Å². The fraction of sp³-hybridized carbons (Fsp3) is 0.917. The number of urea groups is 1.